The highest BCUT2D eigenvalue weighted by atomic mass is 32.2. The molecular formula is C13H15N3O2S2. The van der Waals surface area contributed by atoms with Crippen molar-refractivity contribution in [1.82, 2.24) is 4.98 Å². The highest BCUT2D eigenvalue weighted by Crippen LogP contribution is 2.34. The van der Waals surface area contributed by atoms with Gasteiger partial charge in [0.1, 0.15) is 0 Å². The maximum atomic E-state index is 12.7. The number of thiazole rings is 1. The van der Waals surface area contributed by atoms with Crippen LogP contribution in [0, 0.1) is 6.92 Å². The van der Waals surface area contributed by atoms with Crippen molar-refractivity contribution in [1.29, 1.82) is 0 Å². The number of benzene rings is 1. The third-order valence-electron chi connectivity index (χ3n) is 3.33. The van der Waals surface area contributed by atoms with Crippen molar-refractivity contribution in [3.05, 3.63) is 35.0 Å². The molecule has 1 aliphatic rings. The summed E-state index contributed by atoms with van der Waals surface area (Å²) >= 11 is 1.20. The van der Waals surface area contributed by atoms with Crippen LogP contribution in [0.1, 0.15) is 17.0 Å². The summed E-state index contributed by atoms with van der Waals surface area (Å²) in [5, 5.41) is 0.744. The van der Waals surface area contributed by atoms with Crippen LogP contribution in [0.4, 0.5) is 11.4 Å². The van der Waals surface area contributed by atoms with Gasteiger partial charge < -0.3 is 5.73 Å². The van der Waals surface area contributed by atoms with E-state index in [1.165, 1.54) is 21.8 Å². The monoisotopic (exact) mass is 309 g/mol. The first-order valence-electron chi connectivity index (χ1n) is 6.32. The molecule has 0 saturated carbocycles. The number of fused-ring (bicyclic) bond motifs is 1. The van der Waals surface area contributed by atoms with Crippen LogP contribution in [0.5, 0.6) is 0 Å². The second-order valence-electron chi connectivity index (χ2n) is 4.77. The minimum atomic E-state index is -3.54. The number of sulfonamides is 1. The molecule has 0 fully saturated rings. The predicted octanol–water partition coefficient (Wildman–Crippen LogP) is 2.18. The molecule has 2 N–H and O–H groups in total. The Morgan fingerprint density at radius 3 is 2.90 bits per heavy atom. The van der Waals surface area contributed by atoms with Gasteiger partial charge in [0, 0.05) is 12.2 Å². The number of hydrogen-bond donors (Lipinski definition) is 1. The van der Waals surface area contributed by atoms with E-state index in [-0.39, 0.29) is 4.21 Å². The lowest BCUT2D eigenvalue weighted by molar-refractivity contribution is 0.588. The van der Waals surface area contributed by atoms with Crippen LogP contribution in [0.2, 0.25) is 0 Å². The summed E-state index contributed by atoms with van der Waals surface area (Å²) in [6, 6.07) is 5.45. The highest BCUT2D eigenvalue weighted by Gasteiger charge is 2.30. The van der Waals surface area contributed by atoms with E-state index in [2.05, 4.69) is 4.98 Å². The highest BCUT2D eigenvalue weighted by molar-refractivity contribution is 7.94. The van der Waals surface area contributed by atoms with Crippen LogP contribution in [0.25, 0.3) is 0 Å². The Bertz CT molecular complexity index is 753. The van der Waals surface area contributed by atoms with Crippen LogP contribution in [-0.2, 0) is 16.4 Å². The zero-order valence-electron chi connectivity index (χ0n) is 11.0. The Morgan fingerprint density at radius 1 is 1.40 bits per heavy atom. The van der Waals surface area contributed by atoms with E-state index >= 15 is 0 Å². The quantitative estimate of drug-likeness (QED) is 0.863. The van der Waals surface area contributed by atoms with Gasteiger partial charge >= 0.3 is 0 Å². The van der Waals surface area contributed by atoms with E-state index in [0.717, 1.165) is 23.4 Å². The fraction of sp³-hybridized carbons (Fsp3) is 0.308. The summed E-state index contributed by atoms with van der Waals surface area (Å²) in [7, 11) is -3.54. The zero-order valence-corrected chi connectivity index (χ0v) is 12.7. The lowest BCUT2D eigenvalue weighted by Gasteiger charge is -2.30. The van der Waals surface area contributed by atoms with E-state index in [1.807, 2.05) is 12.1 Å². The topological polar surface area (TPSA) is 76.3 Å². The Hall–Kier alpha value is -1.60. The molecule has 5 nitrogen and oxygen atoms in total. The van der Waals surface area contributed by atoms with Gasteiger partial charge in [-0.15, -0.1) is 11.3 Å². The number of hydrogen-bond acceptors (Lipinski definition) is 5. The normalized spacial score (nSPS) is 15.2. The van der Waals surface area contributed by atoms with Crippen molar-refractivity contribution in [2.45, 2.75) is 24.0 Å². The Morgan fingerprint density at radius 2 is 2.20 bits per heavy atom. The van der Waals surface area contributed by atoms with E-state index in [9.17, 15) is 8.42 Å². The van der Waals surface area contributed by atoms with E-state index in [1.54, 1.807) is 13.0 Å². The van der Waals surface area contributed by atoms with Gasteiger partial charge in [0.25, 0.3) is 10.0 Å². The molecular weight excluding hydrogens is 294 g/mol. The second kappa shape index (κ2) is 4.75. The average molecular weight is 309 g/mol. The molecule has 7 heteroatoms. The first-order chi connectivity index (χ1) is 9.48. The molecule has 1 aliphatic heterocycles. The SMILES string of the molecule is Cc1ncc(S(=O)(=O)N2CCCc3ccc(N)cc32)s1. The predicted molar refractivity (Wildman–Crippen MR) is 80.6 cm³/mol. The molecule has 2 aromatic rings. The molecule has 0 saturated heterocycles. The van der Waals surface area contributed by atoms with Crippen LogP contribution in [-0.4, -0.2) is 19.9 Å². The lowest BCUT2D eigenvalue weighted by atomic mass is 10.0. The van der Waals surface area contributed by atoms with Gasteiger partial charge in [0.05, 0.1) is 16.9 Å². The Kier molecular flexibility index (Phi) is 3.18. The molecule has 106 valence electrons. The van der Waals surface area contributed by atoms with E-state index in [4.69, 9.17) is 5.73 Å². The molecule has 0 bridgehead atoms. The zero-order chi connectivity index (χ0) is 14.3. The molecule has 1 aromatic heterocycles. The summed E-state index contributed by atoms with van der Waals surface area (Å²) < 4.78 is 27.2. The molecule has 0 spiro atoms. The summed E-state index contributed by atoms with van der Waals surface area (Å²) in [4.78, 5) is 4.04. The fourth-order valence-corrected chi connectivity index (χ4v) is 5.13. The van der Waals surface area contributed by atoms with Gasteiger partial charge in [-0.1, -0.05) is 6.07 Å². The fourth-order valence-electron chi connectivity index (χ4n) is 2.38. The standard InChI is InChI=1S/C13H15N3O2S2/c1-9-15-8-13(19-9)20(17,18)16-6-2-3-10-4-5-11(14)7-12(10)16/h4-5,7-8H,2-3,6,14H2,1H3. The summed E-state index contributed by atoms with van der Waals surface area (Å²) in [6.07, 6.45) is 3.12. The van der Waals surface area contributed by atoms with Crippen molar-refractivity contribution in [2.24, 2.45) is 0 Å². The van der Waals surface area contributed by atoms with Gasteiger partial charge in [-0.25, -0.2) is 13.4 Å². The number of nitrogen functional groups attached to an aromatic ring is 1. The number of aromatic nitrogens is 1. The van der Waals surface area contributed by atoms with Gasteiger partial charge in [-0.05, 0) is 37.5 Å². The number of anilines is 2. The smallest absolute Gasteiger partial charge is 0.275 e. The first-order valence-corrected chi connectivity index (χ1v) is 8.58. The largest absolute Gasteiger partial charge is 0.399 e. The van der Waals surface area contributed by atoms with E-state index < -0.39 is 10.0 Å². The first kappa shape index (κ1) is 13.4. The second-order valence-corrected chi connectivity index (χ2v) is 8.09. The minimum Gasteiger partial charge on any atom is -0.399 e. The molecule has 0 aliphatic carbocycles. The Labute approximate surface area is 122 Å². The average Bonchev–Trinajstić information content (AvgIpc) is 2.85. The van der Waals surface area contributed by atoms with Crippen molar-refractivity contribution in [2.75, 3.05) is 16.6 Å². The molecule has 2 heterocycles. The molecule has 0 radical (unpaired) electrons. The lowest BCUT2D eigenvalue weighted by Crippen LogP contribution is -2.35. The van der Waals surface area contributed by atoms with Gasteiger partial charge in [0.2, 0.25) is 0 Å². The van der Waals surface area contributed by atoms with Crippen molar-refractivity contribution < 1.29 is 8.42 Å². The van der Waals surface area contributed by atoms with Crippen molar-refractivity contribution in [3.8, 4) is 0 Å². The van der Waals surface area contributed by atoms with Crippen LogP contribution >= 0.6 is 11.3 Å². The summed E-state index contributed by atoms with van der Waals surface area (Å²) in [5.74, 6) is 0. The third kappa shape index (κ3) is 2.16. The maximum absolute atomic E-state index is 12.7. The molecule has 1 aromatic carbocycles. The number of rotatable bonds is 2. The van der Waals surface area contributed by atoms with Gasteiger partial charge in [-0.3, -0.25) is 4.31 Å². The van der Waals surface area contributed by atoms with Crippen molar-refractivity contribution in [3.63, 3.8) is 0 Å². The van der Waals surface area contributed by atoms with E-state index in [0.29, 0.717) is 17.9 Å². The van der Waals surface area contributed by atoms with Gasteiger partial charge in [-0.2, -0.15) is 0 Å². The van der Waals surface area contributed by atoms with Crippen LogP contribution in [0.3, 0.4) is 0 Å². The number of nitrogens with two attached hydrogens (primary N) is 1. The number of aryl methyl sites for hydroxylation is 2. The maximum Gasteiger partial charge on any atom is 0.275 e. The summed E-state index contributed by atoms with van der Waals surface area (Å²) in [6.45, 7) is 2.28. The molecule has 20 heavy (non-hydrogen) atoms. The van der Waals surface area contributed by atoms with Crippen LogP contribution in [0.15, 0.2) is 28.6 Å². The van der Waals surface area contributed by atoms with Crippen molar-refractivity contribution >= 4 is 32.7 Å². The minimum absolute atomic E-state index is 0.283. The molecule has 0 amide bonds. The van der Waals surface area contributed by atoms with Gasteiger partial charge in [0.15, 0.2) is 4.21 Å². The molecule has 0 unspecified atom stereocenters. The van der Waals surface area contributed by atoms with Crippen LogP contribution < -0.4 is 10.0 Å². The molecule has 3 rings (SSSR count). The third-order valence-corrected chi connectivity index (χ3v) is 6.49. The number of nitrogens with zero attached hydrogens (tertiary/aromatic N) is 2. The Balaban J connectivity index is 2.10. The summed E-state index contributed by atoms with van der Waals surface area (Å²) in [5.41, 5.74) is 8.09. The molecule has 0 atom stereocenters.